The van der Waals surface area contributed by atoms with E-state index in [2.05, 4.69) is 35.3 Å². The Hall–Kier alpha value is -0.630. The normalized spacial score (nSPS) is 33.6. The molecule has 0 radical (unpaired) electrons. The smallest absolute Gasteiger partial charge is 0.109 e. The Morgan fingerprint density at radius 1 is 1.47 bits per heavy atom. The van der Waals surface area contributed by atoms with Crippen LogP contribution in [0.15, 0.2) is 0 Å². The Morgan fingerprint density at radius 2 is 2.29 bits per heavy atom. The van der Waals surface area contributed by atoms with Crippen LogP contribution < -0.4 is 5.32 Å². The molecule has 2 aliphatic heterocycles. The summed E-state index contributed by atoms with van der Waals surface area (Å²) < 4.78 is 0. The van der Waals surface area contributed by atoms with Crippen LogP contribution in [-0.4, -0.2) is 61.7 Å². The summed E-state index contributed by atoms with van der Waals surface area (Å²) in [6.07, 6.45) is 4.58. The molecule has 0 saturated carbocycles. The van der Waals surface area contributed by atoms with Crippen molar-refractivity contribution in [3.05, 3.63) is 0 Å². The van der Waals surface area contributed by atoms with E-state index in [1.165, 1.54) is 19.4 Å². The highest BCUT2D eigenvalue weighted by Gasteiger charge is 2.41. The summed E-state index contributed by atoms with van der Waals surface area (Å²) in [6, 6.07) is 3.20. The summed E-state index contributed by atoms with van der Waals surface area (Å²) in [5.41, 5.74) is -0.262. The number of likely N-dealkylation sites (N-methyl/N-ethyl adjacent to an activating group) is 1. The summed E-state index contributed by atoms with van der Waals surface area (Å²) >= 11 is 0. The summed E-state index contributed by atoms with van der Waals surface area (Å²) in [7, 11) is 4.14. The molecule has 2 heterocycles. The van der Waals surface area contributed by atoms with Crippen LogP contribution in [0.25, 0.3) is 0 Å². The minimum atomic E-state index is -0.262. The van der Waals surface area contributed by atoms with Crippen molar-refractivity contribution >= 4 is 0 Å². The van der Waals surface area contributed by atoms with Crippen LogP contribution in [-0.2, 0) is 0 Å². The van der Waals surface area contributed by atoms with Gasteiger partial charge in [-0.15, -0.1) is 0 Å². The van der Waals surface area contributed by atoms with Crippen LogP contribution >= 0.6 is 0 Å². The average molecular weight is 236 g/mol. The van der Waals surface area contributed by atoms with Crippen LogP contribution in [0.5, 0.6) is 0 Å². The highest BCUT2D eigenvalue weighted by atomic mass is 15.2. The van der Waals surface area contributed by atoms with E-state index in [1.807, 2.05) is 0 Å². The fourth-order valence-electron chi connectivity index (χ4n) is 3.08. The maximum absolute atomic E-state index is 9.48. The molecule has 0 aromatic heterocycles. The number of hydrogen-bond donors (Lipinski definition) is 1. The summed E-state index contributed by atoms with van der Waals surface area (Å²) in [5.74, 6) is 0. The largest absolute Gasteiger partial charge is 0.308 e. The molecule has 0 bridgehead atoms. The topological polar surface area (TPSA) is 42.3 Å². The molecule has 2 rings (SSSR count). The van der Waals surface area contributed by atoms with Crippen LogP contribution in [0.1, 0.15) is 25.7 Å². The van der Waals surface area contributed by atoms with Gasteiger partial charge >= 0.3 is 0 Å². The van der Waals surface area contributed by atoms with Gasteiger partial charge < -0.3 is 9.80 Å². The van der Waals surface area contributed by atoms with Gasteiger partial charge in [-0.2, -0.15) is 5.26 Å². The van der Waals surface area contributed by atoms with Crippen molar-refractivity contribution in [3.63, 3.8) is 0 Å². The first-order valence-electron chi connectivity index (χ1n) is 6.70. The molecular formula is C13H24N4. The predicted octanol–water partition coefficient (Wildman–Crippen LogP) is 0.658. The summed E-state index contributed by atoms with van der Waals surface area (Å²) in [6.45, 7) is 4.24. The van der Waals surface area contributed by atoms with Gasteiger partial charge in [-0.3, -0.25) is 5.32 Å². The highest BCUT2D eigenvalue weighted by molar-refractivity contribution is 5.12. The lowest BCUT2D eigenvalue weighted by atomic mass is 9.84. The molecule has 4 heteroatoms. The monoisotopic (exact) mass is 236 g/mol. The Kier molecular flexibility index (Phi) is 4.03. The second-order valence-corrected chi connectivity index (χ2v) is 5.71. The molecular weight excluding hydrogens is 212 g/mol. The van der Waals surface area contributed by atoms with E-state index in [0.717, 1.165) is 32.5 Å². The van der Waals surface area contributed by atoms with Gasteiger partial charge in [-0.05, 0) is 46.3 Å². The molecule has 2 aliphatic rings. The number of nitriles is 1. The predicted molar refractivity (Wildman–Crippen MR) is 68.7 cm³/mol. The molecule has 0 amide bonds. The molecule has 4 nitrogen and oxygen atoms in total. The maximum atomic E-state index is 9.48. The molecule has 0 aromatic carbocycles. The number of nitrogens with zero attached hydrogens (tertiary/aromatic N) is 3. The van der Waals surface area contributed by atoms with Crippen LogP contribution in [0.3, 0.4) is 0 Å². The Bertz CT molecular complexity index is 296. The van der Waals surface area contributed by atoms with Gasteiger partial charge in [0.15, 0.2) is 0 Å². The summed E-state index contributed by atoms with van der Waals surface area (Å²) in [5, 5.41) is 13.0. The second-order valence-electron chi connectivity index (χ2n) is 5.71. The van der Waals surface area contributed by atoms with Gasteiger partial charge in [0.1, 0.15) is 5.54 Å². The SMILES string of the molecule is CN(C)CCNC1(C#N)CCN2CCCC2C1. The van der Waals surface area contributed by atoms with Gasteiger partial charge in [-0.25, -0.2) is 0 Å². The van der Waals surface area contributed by atoms with Crippen molar-refractivity contribution in [1.29, 1.82) is 5.26 Å². The lowest BCUT2D eigenvalue weighted by Gasteiger charge is -2.40. The van der Waals surface area contributed by atoms with E-state index in [0.29, 0.717) is 6.04 Å². The van der Waals surface area contributed by atoms with Gasteiger partial charge in [0, 0.05) is 25.7 Å². The van der Waals surface area contributed by atoms with Gasteiger partial charge in [0.25, 0.3) is 0 Å². The van der Waals surface area contributed by atoms with Crippen LogP contribution in [0, 0.1) is 11.3 Å². The molecule has 2 atom stereocenters. The van der Waals surface area contributed by atoms with Crippen molar-refractivity contribution in [2.45, 2.75) is 37.3 Å². The Morgan fingerprint density at radius 3 is 3.00 bits per heavy atom. The lowest BCUT2D eigenvalue weighted by Crippen LogP contribution is -2.55. The third-order valence-electron chi connectivity index (χ3n) is 4.15. The second kappa shape index (κ2) is 5.34. The van der Waals surface area contributed by atoms with Crippen LogP contribution in [0.2, 0.25) is 0 Å². The van der Waals surface area contributed by atoms with Crippen LogP contribution in [0.4, 0.5) is 0 Å². The van der Waals surface area contributed by atoms with Gasteiger partial charge in [0.2, 0.25) is 0 Å². The van der Waals surface area contributed by atoms with E-state index < -0.39 is 0 Å². The number of nitrogens with one attached hydrogen (secondary N) is 1. The first-order valence-corrected chi connectivity index (χ1v) is 6.70. The Balaban J connectivity index is 1.89. The van der Waals surface area contributed by atoms with E-state index in [1.54, 1.807) is 0 Å². The number of hydrogen-bond acceptors (Lipinski definition) is 4. The van der Waals surface area contributed by atoms with E-state index >= 15 is 0 Å². The van der Waals surface area contributed by atoms with E-state index in [4.69, 9.17) is 0 Å². The minimum Gasteiger partial charge on any atom is -0.308 e. The number of piperidine rings is 1. The molecule has 2 saturated heterocycles. The zero-order chi connectivity index (χ0) is 12.3. The van der Waals surface area contributed by atoms with E-state index in [-0.39, 0.29) is 5.54 Å². The molecule has 0 aromatic rings. The average Bonchev–Trinajstić information content (AvgIpc) is 2.75. The first kappa shape index (κ1) is 12.8. The third-order valence-corrected chi connectivity index (χ3v) is 4.15. The zero-order valence-electron chi connectivity index (χ0n) is 11.1. The van der Waals surface area contributed by atoms with Crippen molar-refractivity contribution in [1.82, 2.24) is 15.1 Å². The van der Waals surface area contributed by atoms with E-state index in [9.17, 15) is 5.26 Å². The molecule has 0 aliphatic carbocycles. The first-order chi connectivity index (χ1) is 8.15. The Labute approximate surface area is 105 Å². The lowest BCUT2D eigenvalue weighted by molar-refractivity contribution is 0.135. The van der Waals surface area contributed by atoms with Gasteiger partial charge in [0.05, 0.1) is 6.07 Å². The minimum absolute atomic E-state index is 0.262. The van der Waals surface area contributed by atoms with Crippen molar-refractivity contribution < 1.29 is 0 Å². The number of rotatable bonds is 4. The van der Waals surface area contributed by atoms with Crippen molar-refractivity contribution in [2.24, 2.45) is 0 Å². The molecule has 1 N–H and O–H groups in total. The van der Waals surface area contributed by atoms with Crippen molar-refractivity contribution in [2.75, 3.05) is 40.3 Å². The quantitative estimate of drug-likeness (QED) is 0.778. The maximum Gasteiger partial charge on any atom is 0.109 e. The molecule has 2 unspecified atom stereocenters. The zero-order valence-corrected chi connectivity index (χ0v) is 11.1. The molecule has 96 valence electrons. The highest BCUT2D eigenvalue weighted by Crippen LogP contribution is 2.32. The standard InChI is InChI=1S/C13H24N4/c1-16(2)9-6-15-13(11-14)5-8-17-7-3-4-12(17)10-13/h12,15H,3-10H2,1-2H3. The molecule has 17 heavy (non-hydrogen) atoms. The summed E-state index contributed by atoms with van der Waals surface area (Å²) in [4.78, 5) is 4.71. The third kappa shape index (κ3) is 2.98. The molecule has 2 fully saturated rings. The van der Waals surface area contributed by atoms with Crippen molar-refractivity contribution in [3.8, 4) is 6.07 Å². The number of fused-ring (bicyclic) bond motifs is 1. The van der Waals surface area contributed by atoms with Gasteiger partial charge in [-0.1, -0.05) is 0 Å². The fourth-order valence-corrected chi connectivity index (χ4v) is 3.08. The molecule has 0 spiro atoms. The fraction of sp³-hybridized carbons (Fsp3) is 0.923.